The van der Waals surface area contributed by atoms with Gasteiger partial charge < -0.3 is 19.9 Å². The highest BCUT2D eigenvalue weighted by atomic mass is 16.6. The summed E-state index contributed by atoms with van der Waals surface area (Å²) in [4.78, 5) is 27.0. The summed E-state index contributed by atoms with van der Waals surface area (Å²) in [5.41, 5.74) is -2.11. The Morgan fingerprint density at radius 3 is 1.23 bits per heavy atom. The van der Waals surface area contributed by atoms with Crippen molar-refractivity contribution in [1.82, 2.24) is 10.1 Å². The van der Waals surface area contributed by atoms with Crippen LogP contribution < -0.4 is 0 Å². The minimum Gasteiger partial charge on any atom is -0.462 e. The summed E-state index contributed by atoms with van der Waals surface area (Å²) in [7, 11) is 0. The van der Waals surface area contributed by atoms with E-state index in [1.807, 2.05) is 67.5 Å². The third-order valence-electron chi connectivity index (χ3n) is 8.77. The van der Waals surface area contributed by atoms with Crippen molar-refractivity contribution in [1.29, 1.82) is 0 Å². The first-order valence-corrected chi connectivity index (χ1v) is 13.0. The lowest BCUT2D eigenvalue weighted by atomic mass is 9.79. The molecule has 0 amide bonds. The molecule has 0 aromatic heterocycles. The molecule has 0 aromatic carbocycles. The van der Waals surface area contributed by atoms with Crippen LogP contribution in [0.1, 0.15) is 87.5 Å². The van der Waals surface area contributed by atoms with E-state index in [4.69, 9.17) is 9.47 Å². The van der Waals surface area contributed by atoms with Crippen LogP contribution in [-0.2, 0) is 19.1 Å². The van der Waals surface area contributed by atoms with Gasteiger partial charge in [0.1, 0.15) is 12.2 Å². The average molecular weight is 493 g/mol. The molecule has 2 bridgehead atoms. The Morgan fingerprint density at radius 2 is 0.943 bits per heavy atom. The highest BCUT2D eigenvalue weighted by Gasteiger charge is 2.55. The van der Waals surface area contributed by atoms with E-state index < -0.39 is 34.0 Å². The van der Waals surface area contributed by atoms with Crippen LogP contribution >= 0.6 is 0 Å². The number of allylic oxidation sites excluding steroid dienone is 2. The number of carbonyl (C=O) groups excluding carboxylic acids is 2. The second kappa shape index (κ2) is 8.54. The summed E-state index contributed by atoms with van der Waals surface area (Å²) in [5.74, 6) is -1.80. The van der Waals surface area contributed by atoms with Crippen molar-refractivity contribution in [3.05, 3.63) is 12.2 Å². The first kappa shape index (κ1) is 26.6. The molecular weight excluding hydrogens is 448 g/mol. The third-order valence-corrected chi connectivity index (χ3v) is 8.77. The lowest BCUT2D eigenvalue weighted by molar-refractivity contribution is -0.261. The quantitative estimate of drug-likeness (QED) is 0.442. The fourth-order valence-electron chi connectivity index (χ4n) is 7.47. The third kappa shape index (κ3) is 4.79. The summed E-state index contributed by atoms with van der Waals surface area (Å²) in [6.07, 6.45) is 6.28. The lowest BCUT2D eigenvalue weighted by Crippen LogP contribution is -2.61. The maximum atomic E-state index is 13.5. The van der Waals surface area contributed by atoms with Gasteiger partial charge in [0.25, 0.3) is 0 Å². The van der Waals surface area contributed by atoms with E-state index in [1.54, 1.807) is 0 Å². The van der Waals surface area contributed by atoms with Gasteiger partial charge in [0, 0.05) is 47.8 Å². The predicted molar refractivity (Wildman–Crippen MR) is 130 cm³/mol. The molecule has 2 saturated heterocycles. The number of rotatable bonds is 4. The Balaban J connectivity index is 1.47. The maximum absolute atomic E-state index is 13.5. The molecule has 0 radical (unpaired) electrons. The zero-order chi connectivity index (χ0) is 26.1. The Bertz CT molecular complexity index is 788. The molecule has 4 rings (SSSR count). The fraction of sp³-hybridized carbons (Fsp3) is 0.852. The van der Waals surface area contributed by atoms with E-state index in [2.05, 4.69) is 0 Å². The van der Waals surface area contributed by atoms with Gasteiger partial charge in [0.05, 0.1) is 11.8 Å². The second-order valence-corrected chi connectivity index (χ2v) is 13.8. The van der Waals surface area contributed by atoms with Crippen LogP contribution in [0.3, 0.4) is 0 Å². The Hall–Kier alpha value is -1.48. The van der Waals surface area contributed by atoms with Crippen molar-refractivity contribution in [2.24, 2.45) is 23.7 Å². The molecule has 4 aliphatic rings. The maximum Gasteiger partial charge on any atom is 0.310 e. The Morgan fingerprint density at radius 1 is 0.657 bits per heavy atom. The van der Waals surface area contributed by atoms with Crippen LogP contribution in [0.5, 0.6) is 0 Å². The average Bonchev–Trinajstić information content (AvgIpc) is 3.31. The molecule has 1 saturated carbocycles. The fourth-order valence-corrected chi connectivity index (χ4v) is 7.47. The molecule has 2 heterocycles. The van der Waals surface area contributed by atoms with Gasteiger partial charge >= 0.3 is 11.9 Å². The summed E-state index contributed by atoms with van der Waals surface area (Å²) in [5, 5.41) is 23.9. The minimum atomic E-state index is -0.546. The number of hydrogen-bond acceptors (Lipinski definition) is 8. The van der Waals surface area contributed by atoms with Gasteiger partial charge in [-0.3, -0.25) is 9.59 Å². The number of piperidine rings is 2. The number of ether oxygens (including phenoxy) is 2. The number of hydroxylamine groups is 4. The predicted octanol–water partition coefficient (Wildman–Crippen LogP) is 4.33. The van der Waals surface area contributed by atoms with E-state index in [0.717, 1.165) is 6.42 Å². The van der Waals surface area contributed by atoms with Crippen LogP contribution in [0.2, 0.25) is 0 Å². The largest absolute Gasteiger partial charge is 0.462 e. The number of carbonyl (C=O) groups is 2. The second-order valence-electron chi connectivity index (χ2n) is 13.8. The molecule has 2 aliphatic carbocycles. The number of nitrogens with zero attached hydrogens (tertiary/aromatic N) is 2. The minimum absolute atomic E-state index is 0.0174. The molecule has 35 heavy (non-hydrogen) atoms. The zero-order valence-corrected chi connectivity index (χ0v) is 22.6. The normalized spacial score (nSPS) is 36.3. The molecule has 4 unspecified atom stereocenters. The van der Waals surface area contributed by atoms with Crippen molar-refractivity contribution >= 4 is 11.9 Å². The van der Waals surface area contributed by atoms with Crippen LogP contribution in [0.25, 0.3) is 0 Å². The Kier molecular flexibility index (Phi) is 6.48. The molecule has 3 fully saturated rings. The van der Waals surface area contributed by atoms with E-state index in [0.29, 0.717) is 25.7 Å². The molecule has 2 aliphatic heterocycles. The van der Waals surface area contributed by atoms with Gasteiger partial charge in [-0.05, 0) is 73.6 Å². The van der Waals surface area contributed by atoms with Crippen LogP contribution in [0.4, 0.5) is 0 Å². The van der Waals surface area contributed by atoms with Gasteiger partial charge in [-0.2, -0.15) is 10.1 Å². The van der Waals surface area contributed by atoms with Gasteiger partial charge in [0.2, 0.25) is 0 Å². The highest BCUT2D eigenvalue weighted by Crippen LogP contribution is 2.50. The van der Waals surface area contributed by atoms with Crippen LogP contribution in [-0.4, -0.2) is 66.8 Å². The molecule has 8 heteroatoms. The van der Waals surface area contributed by atoms with Crippen molar-refractivity contribution in [3.8, 4) is 0 Å². The van der Waals surface area contributed by atoms with E-state index in [-0.39, 0.29) is 36.0 Å². The highest BCUT2D eigenvalue weighted by molar-refractivity contribution is 5.84. The number of fused-ring (bicyclic) bond motifs is 2. The number of hydrogen-bond donors (Lipinski definition) is 2. The summed E-state index contributed by atoms with van der Waals surface area (Å²) in [6.45, 7) is 15.5. The summed E-state index contributed by atoms with van der Waals surface area (Å²) in [6, 6.07) is 0. The Labute approximate surface area is 209 Å². The molecule has 198 valence electrons. The molecule has 2 N–H and O–H groups in total. The first-order valence-electron chi connectivity index (χ1n) is 13.0. The van der Waals surface area contributed by atoms with Crippen LogP contribution in [0, 0.1) is 23.7 Å². The van der Waals surface area contributed by atoms with Crippen molar-refractivity contribution in [2.75, 3.05) is 0 Å². The SMILES string of the molecule is CC1(C)CC(OC(=O)C2C3C=CC(C3)C2C(=O)OC2CC(C)(C)N(O)C(C)(C)C2)CC(C)(C)N1O. The van der Waals surface area contributed by atoms with Crippen molar-refractivity contribution in [2.45, 2.75) is 122 Å². The monoisotopic (exact) mass is 492 g/mol. The van der Waals surface area contributed by atoms with E-state index in [1.165, 1.54) is 10.1 Å². The van der Waals surface area contributed by atoms with E-state index >= 15 is 0 Å². The molecular formula is C27H44N2O6. The van der Waals surface area contributed by atoms with Crippen molar-refractivity contribution < 1.29 is 29.5 Å². The van der Waals surface area contributed by atoms with Crippen molar-refractivity contribution in [3.63, 3.8) is 0 Å². The van der Waals surface area contributed by atoms with Gasteiger partial charge in [-0.25, -0.2) is 0 Å². The summed E-state index contributed by atoms with van der Waals surface area (Å²) < 4.78 is 12.1. The standard InChI is InChI=1S/C27H44N2O6/c1-24(2)12-18(13-25(3,4)28(24)32)34-22(30)20-16-9-10-17(11-16)21(20)23(31)35-19-14-26(5,6)29(33)27(7,8)15-19/h9-10,16-21,32-33H,11-15H2,1-8H3. The summed E-state index contributed by atoms with van der Waals surface area (Å²) >= 11 is 0. The van der Waals surface area contributed by atoms with Crippen LogP contribution in [0.15, 0.2) is 12.2 Å². The smallest absolute Gasteiger partial charge is 0.310 e. The molecule has 8 nitrogen and oxygen atoms in total. The van der Waals surface area contributed by atoms with Gasteiger partial charge in [-0.15, -0.1) is 0 Å². The molecule has 4 atom stereocenters. The lowest BCUT2D eigenvalue weighted by Gasteiger charge is -2.51. The topological polar surface area (TPSA) is 99.5 Å². The van der Waals surface area contributed by atoms with E-state index in [9.17, 15) is 20.0 Å². The van der Waals surface area contributed by atoms with Gasteiger partial charge in [0.15, 0.2) is 0 Å². The first-order chi connectivity index (χ1) is 15.9. The molecule has 0 spiro atoms. The zero-order valence-electron chi connectivity index (χ0n) is 22.6. The van der Waals surface area contributed by atoms with Gasteiger partial charge in [-0.1, -0.05) is 12.2 Å². The number of esters is 2. The molecule has 0 aromatic rings.